The second-order valence-electron chi connectivity index (χ2n) is 7.69. The summed E-state index contributed by atoms with van der Waals surface area (Å²) in [5, 5.41) is 28.2. The molecule has 0 bridgehead atoms. The summed E-state index contributed by atoms with van der Waals surface area (Å²) in [5.74, 6) is 0.0677. The molecule has 0 fully saturated rings. The number of tetrazole rings is 1. The van der Waals surface area contributed by atoms with Crippen LogP contribution in [0, 0.1) is 0 Å². The number of carboxylic acid groups (broad SMARTS) is 1. The first kappa shape index (κ1) is 21.4. The van der Waals surface area contributed by atoms with Crippen molar-refractivity contribution in [1.29, 1.82) is 0 Å². The molecule has 164 valence electrons. The van der Waals surface area contributed by atoms with Gasteiger partial charge in [0.15, 0.2) is 5.82 Å². The van der Waals surface area contributed by atoms with E-state index in [1.165, 1.54) is 0 Å². The van der Waals surface area contributed by atoms with E-state index in [-0.39, 0.29) is 0 Å². The highest BCUT2D eigenvalue weighted by molar-refractivity contribution is 5.80. The van der Waals surface area contributed by atoms with Gasteiger partial charge < -0.3 is 5.11 Å². The van der Waals surface area contributed by atoms with Crippen LogP contribution in [0.15, 0.2) is 48.5 Å². The Balaban J connectivity index is 1.59. The summed E-state index contributed by atoms with van der Waals surface area (Å²) in [5.41, 5.74) is 4.02. The van der Waals surface area contributed by atoms with E-state index < -0.39 is 11.9 Å². The van der Waals surface area contributed by atoms with E-state index in [0.717, 1.165) is 47.3 Å². The van der Waals surface area contributed by atoms with Gasteiger partial charge in [0.1, 0.15) is 11.7 Å². The number of benzene rings is 2. The van der Waals surface area contributed by atoms with Crippen LogP contribution in [-0.4, -0.2) is 46.5 Å². The summed E-state index contributed by atoms with van der Waals surface area (Å²) >= 11 is 0. The number of nitrogens with one attached hydrogen (secondary N) is 1. The molecule has 0 spiro atoms. The number of hydrogen-bond donors (Lipinski definition) is 2. The third kappa shape index (κ3) is 4.56. The predicted molar refractivity (Wildman–Crippen MR) is 119 cm³/mol. The summed E-state index contributed by atoms with van der Waals surface area (Å²) in [6.07, 6.45) is 2.78. The predicted octanol–water partition coefficient (Wildman–Crippen LogP) is 3.70. The Hall–Kier alpha value is -3.88. The first-order valence-electron chi connectivity index (χ1n) is 10.7. The largest absolute Gasteiger partial charge is 0.481 e. The highest BCUT2D eigenvalue weighted by Gasteiger charge is 2.21. The van der Waals surface area contributed by atoms with Crippen molar-refractivity contribution < 1.29 is 9.90 Å². The topological polar surface area (TPSA) is 122 Å². The number of aliphatic carboxylic acids is 1. The second kappa shape index (κ2) is 9.51. The van der Waals surface area contributed by atoms with Gasteiger partial charge in [-0.05, 0) is 35.2 Å². The van der Waals surface area contributed by atoms with Crippen LogP contribution in [0.3, 0.4) is 0 Å². The van der Waals surface area contributed by atoms with Gasteiger partial charge in [-0.3, -0.25) is 4.79 Å². The van der Waals surface area contributed by atoms with Crippen molar-refractivity contribution in [1.82, 2.24) is 35.4 Å². The number of unbranched alkanes of at least 4 members (excludes halogenated alkanes) is 1. The Morgan fingerprint density at radius 2 is 1.88 bits per heavy atom. The summed E-state index contributed by atoms with van der Waals surface area (Å²) in [6.45, 7) is 4.26. The number of aromatic nitrogens is 7. The lowest BCUT2D eigenvalue weighted by atomic mass is 9.98. The highest BCUT2D eigenvalue weighted by atomic mass is 16.4. The van der Waals surface area contributed by atoms with Crippen molar-refractivity contribution in [3.8, 4) is 22.5 Å². The van der Waals surface area contributed by atoms with Gasteiger partial charge in [0.25, 0.3) is 0 Å². The molecule has 0 saturated carbocycles. The van der Waals surface area contributed by atoms with Crippen LogP contribution in [0.1, 0.15) is 49.8 Å². The molecule has 0 amide bonds. The normalized spacial score (nSPS) is 12.1. The third-order valence-corrected chi connectivity index (χ3v) is 5.39. The number of H-pyrrole nitrogens is 1. The maximum atomic E-state index is 11.4. The molecule has 2 aromatic heterocycles. The monoisotopic (exact) mass is 431 g/mol. The minimum Gasteiger partial charge on any atom is -0.481 e. The number of carboxylic acids is 1. The molecule has 4 aromatic rings. The maximum Gasteiger partial charge on any atom is 0.314 e. The average Bonchev–Trinajstić information content (AvgIpc) is 3.48. The Bertz CT molecular complexity index is 1180. The molecule has 0 radical (unpaired) electrons. The number of rotatable bonds is 9. The van der Waals surface area contributed by atoms with E-state index in [9.17, 15) is 9.90 Å². The van der Waals surface area contributed by atoms with Gasteiger partial charge in [0.2, 0.25) is 5.82 Å². The zero-order valence-electron chi connectivity index (χ0n) is 18.1. The molecule has 0 aliphatic heterocycles. The van der Waals surface area contributed by atoms with E-state index in [4.69, 9.17) is 0 Å². The van der Waals surface area contributed by atoms with E-state index in [0.29, 0.717) is 18.2 Å². The summed E-state index contributed by atoms with van der Waals surface area (Å²) in [7, 11) is 0. The van der Waals surface area contributed by atoms with Crippen LogP contribution in [0.4, 0.5) is 0 Å². The number of aromatic amines is 1. The number of aryl methyl sites for hydroxylation is 1. The van der Waals surface area contributed by atoms with Crippen LogP contribution >= 0.6 is 0 Å². The smallest absolute Gasteiger partial charge is 0.314 e. The van der Waals surface area contributed by atoms with E-state index in [2.05, 4.69) is 49.8 Å². The van der Waals surface area contributed by atoms with Crippen LogP contribution < -0.4 is 0 Å². The quantitative estimate of drug-likeness (QED) is 0.414. The fraction of sp³-hybridized carbons (Fsp3) is 0.304. The molecule has 1 unspecified atom stereocenters. The fourth-order valence-corrected chi connectivity index (χ4v) is 3.50. The van der Waals surface area contributed by atoms with E-state index in [1.54, 1.807) is 6.92 Å². The van der Waals surface area contributed by atoms with Gasteiger partial charge in [0, 0.05) is 12.0 Å². The molecule has 0 aliphatic carbocycles. The van der Waals surface area contributed by atoms with Crippen molar-refractivity contribution in [2.75, 3.05) is 0 Å². The molecule has 2 N–H and O–H groups in total. The highest BCUT2D eigenvalue weighted by Crippen LogP contribution is 2.29. The van der Waals surface area contributed by atoms with Gasteiger partial charge in [-0.1, -0.05) is 61.9 Å². The van der Waals surface area contributed by atoms with Crippen molar-refractivity contribution >= 4 is 5.97 Å². The Morgan fingerprint density at radius 3 is 2.53 bits per heavy atom. The molecule has 0 saturated heterocycles. The Labute approximate surface area is 185 Å². The van der Waals surface area contributed by atoms with Crippen LogP contribution in [0.2, 0.25) is 0 Å². The Kier molecular flexibility index (Phi) is 6.34. The van der Waals surface area contributed by atoms with Gasteiger partial charge >= 0.3 is 5.97 Å². The van der Waals surface area contributed by atoms with E-state index >= 15 is 0 Å². The maximum absolute atomic E-state index is 11.4. The molecular formula is C23H25N7O2. The SMILES string of the molecule is CCCCc1nc(C(C)C(=O)O)nn1Cc1ccc(-c2ccccc2-c2nn[nH]n2)cc1. The van der Waals surface area contributed by atoms with E-state index in [1.807, 2.05) is 41.1 Å². The third-order valence-electron chi connectivity index (χ3n) is 5.39. The van der Waals surface area contributed by atoms with Gasteiger partial charge in [0.05, 0.1) is 6.54 Å². The van der Waals surface area contributed by atoms with Crippen LogP contribution in [0.5, 0.6) is 0 Å². The first-order valence-corrected chi connectivity index (χ1v) is 10.7. The lowest BCUT2D eigenvalue weighted by Crippen LogP contribution is -2.10. The number of carbonyl (C=O) groups is 1. The lowest BCUT2D eigenvalue weighted by molar-refractivity contribution is -0.138. The molecule has 1 atom stereocenters. The summed E-state index contributed by atoms with van der Waals surface area (Å²) in [6, 6.07) is 16.1. The molecule has 4 rings (SSSR count). The molecule has 0 aliphatic rings. The first-order chi connectivity index (χ1) is 15.6. The van der Waals surface area contributed by atoms with Crippen LogP contribution in [-0.2, 0) is 17.8 Å². The average molecular weight is 432 g/mol. The minimum atomic E-state index is -0.922. The summed E-state index contributed by atoms with van der Waals surface area (Å²) in [4.78, 5) is 15.9. The van der Waals surface area contributed by atoms with Gasteiger partial charge in [-0.2, -0.15) is 10.3 Å². The zero-order chi connectivity index (χ0) is 22.5. The Morgan fingerprint density at radius 1 is 1.12 bits per heavy atom. The van der Waals surface area contributed by atoms with Crippen molar-refractivity contribution in [3.63, 3.8) is 0 Å². The molecule has 9 heteroatoms. The number of nitrogens with zero attached hydrogens (tertiary/aromatic N) is 6. The standard InChI is InChI=1S/C23H25N7O2/c1-3-4-9-20-24-21(15(2)23(31)32)27-30(20)14-16-10-12-17(13-11-16)18-7-5-6-8-19(18)22-25-28-29-26-22/h5-8,10-13,15H,3-4,9,14H2,1-2H3,(H,31,32)(H,25,26,28,29). The number of hydrogen-bond acceptors (Lipinski definition) is 6. The fourth-order valence-electron chi connectivity index (χ4n) is 3.50. The minimum absolute atomic E-state index is 0.356. The summed E-state index contributed by atoms with van der Waals surface area (Å²) < 4.78 is 1.83. The molecule has 2 aromatic carbocycles. The van der Waals surface area contributed by atoms with Gasteiger partial charge in [-0.15, -0.1) is 10.2 Å². The van der Waals surface area contributed by atoms with Crippen LogP contribution in [0.25, 0.3) is 22.5 Å². The lowest BCUT2D eigenvalue weighted by Gasteiger charge is -2.09. The van der Waals surface area contributed by atoms with Crippen molar-refractivity contribution in [3.05, 3.63) is 65.7 Å². The molecule has 2 heterocycles. The van der Waals surface area contributed by atoms with Gasteiger partial charge in [-0.25, -0.2) is 9.67 Å². The molecular weight excluding hydrogens is 406 g/mol. The second-order valence-corrected chi connectivity index (χ2v) is 7.69. The molecule has 32 heavy (non-hydrogen) atoms. The van der Waals surface area contributed by atoms with Crippen molar-refractivity contribution in [2.24, 2.45) is 0 Å². The van der Waals surface area contributed by atoms with Crippen molar-refractivity contribution in [2.45, 2.75) is 45.6 Å². The molecule has 9 nitrogen and oxygen atoms in total. The zero-order valence-corrected chi connectivity index (χ0v) is 18.1.